The fourth-order valence-electron chi connectivity index (χ4n) is 1.90. The first-order valence-electron chi connectivity index (χ1n) is 7.04. The van der Waals surface area contributed by atoms with Gasteiger partial charge < -0.3 is 19.9 Å². The van der Waals surface area contributed by atoms with Crippen molar-refractivity contribution in [3.63, 3.8) is 0 Å². The number of carbonyl (C=O) groups is 2. The van der Waals surface area contributed by atoms with Gasteiger partial charge in [0, 0.05) is 11.7 Å². The van der Waals surface area contributed by atoms with Crippen LogP contribution in [0.3, 0.4) is 0 Å². The van der Waals surface area contributed by atoms with Crippen molar-refractivity contribution in [2.45, 2.75) is 52.2 Å². The van der Waals surface area contributed by atoms with Gasteiger partial charge in [-0.1, -0.05) is 0 Å². The van der Waals surface area contributed by atoms with E-state index in [9.17, 15) is 9.59 Å². The van der Waals surface area contributed by atoms with Crippen LogP contribution in [0.5, 0.6) is 0 Å². The molecular weight excluding hydrogens is 276 g/mol. The molecule has 1 aliphatic rings. The summed E-state index contributed by atoms with van der Waals surface area (Å²) >= 11 is 0. The molecule has 0 saturated carbocycles. The minimum Gasteiger partial charge on any atom is -0.461 e. The van der Waals surface area contributed by atoms with Crippen LogP contribution in [0.25, 0.3) is 0 Å². The predicted octanol–water partition coefficient (Wildman–Crippen LogP) is 1.03. The average molecular weight is 300 g/mol. The molecule has 0 bridgehead atoms. The molecule has 1 rings (SSSR count). The number of amides is 1. The van der Waals surface area contributed by atoms with Crippen molar-refractivity contribution in [2.75, 3.05) is 13.2 Å². The summed E-state index contributed by atoms with van der Waals surface area (Å²) < 4.78 is 10.1. The fraction of sp³-hybridized carbons (Fsp3) is 0.714. The Morgan fingerprint density at radius 3 is 2.57 bits per heavy atom. The van der Waals surface area contributed by atoms with E-state index in [0.29, 0.717) is 18.5 Å². The Morgan fingerprint density at radius 1 is 1.43 bits per heavy atom. The van der Waals surface area contributed by atoms with Crippen LogP contribution < -0.4 is 10.6 Å². The topological polar surface area (TPSA) is 96.9 Å². The van der Waals surface area contributed by atoms with E-state index in [1.807, 2.05) is 0 Å². The zero-order valence-corrected chi connectivity index (χ0v) is 13.0. The second-order valence-electron chi connectivity index (χ2n) is 5.76. The monoisotopic (exact) mass is 300 g/mol. The molecule has 0 aromatic heterocycles. The van der Waals surface area contributed by atoms with Crippen LogP contribution >= 0.6 is 0 Å². The van der Waals surface area contributed by atoms with Crippen LogP contribution in [0, 0.1) is 0 Å². The molecule has 7 nitrogen and oxygen atoms in total. The van der Waals surface area contributed by atoms with Gasteiger partial charge in [0.2, 0.25) is 0 Å². The summed E-state index contributed by atoms with van der Waals surface area (Å²) in [5.41, 5.74) is -0.0638. The molecule has 1 atom stereocenters. The molecule has 0 spiro atoms. The number of allylic oxidation sites excluding steroid dienone is 1. The van der Waals surface area contributed by atoms with Crippen LogP contribution in [0.4, 0.5) is 4.79 Å². The van der Waals surface area contributed by atoms with Crippen molar-refractivity contribution in [1.29, 1.82) is 0 Å². The maximum atomic E-state index is 12.0. The molecule has 21 heavy (non-hydrogen) atoms. The lowest BCUT2D eigenvalue weighted by atomic mass is 10.2. The quantitative estimate of drug-likeness (QED) is 0.530. The molecule has 1 saturated heterocycles. The first-order valence-corrected chi connectivity index (χ1v) is 7.04. The number of carbonyl (C=O) groups excluding carboxylic acids is 2. The number of esters is 1. The molecular formula is C14H24N2O5. The summed E-state index contributed by atoms with van der Waals surface area (Å²) in [5, 5.41) is 14.6. The Balaban J connectivity index is 2.86. The van der Waals surface area contributed by atoms with Crippen molar-refractivity contribution in [3.8, 4) is 0 Å². The molecule has 1 fully saturated rings. The van der Waals surface area contributed by atoms with Crippen molar-refractivity contribution in [2.24, 2.45) is 0 Å². The highest BCUT2D eigenvalue weighted by molar-refractivity contribution is 5.93. The van der Waals surface area contributed by atoms with Crippen molar-refractivity contribution >= 4 is 12.1 Å². The molecule has 1 amide bonds. The Hall–Kier alpha value is -1.76. The summed E-state index contributed by atoms with van der Waals surface area (Å²) in [5.74, 6) is -0.621. The molecule has 0 aromatic rings. The van der Waals surface area contributed by atoms with Gasteiger partial charge in [-0.15, -0.1) is 0 Å². The third kappa shape index (κ3) is 5.63. The maximum Gasteiger partial charge on any atom is 0.412 e. The summed E-state index contributed by atoms with van der Waals surface area (Å²) in [6.07, 6.45) is 0.521. The van der Waals surface area contributed by atoms with E-state index in [4.69, 9.17) is 14.6 Å². The van der Waals surface area contributed by atoms with Gasteiger partial charge in [0.25, 0.3) is 0 Å². The van der Waals surface area contributed by atoms with Crippen LogP contribution in [0.15, 0.2) is 11.4 Å². The van der Waals surface area contributed by atoms with E-state index >= 15 is 0 Å². The maximum absolute atomic E-state index is 12.0. The Kier molecular flexibility index (Phi) is 6.02. The minimum atomic E-state index is -0.715. The number of hydrogen-bond donors (Lipinski definition) is 3. The summed E-state index contributed by atoms with van der Waals surface area (Å²) in [6.45, 7) is 7.06. The smallest absolute Gasteiger partial charge is 0.412 e. The summed E-state index contributed by atoms with van der Waals surface area (Å²) in [4.78, 5) is 23.8. The van der Waals surface area contributed by atoms with Gasteiger partial charge in [-0.2, -0.15) is 0 Å². The van der Waals surface area contributed by atoms with Gasteiger partial charge >= 0.3 is 12.1 Å². The number of alkyl carbamates (subject to hydrolysis) is 1. The van der Waals surface area contributed by atoms with E-state index in [1.54, 1.807) is 27.7 Å². The Labute approximate surface area is 124 Å². The van der Waals surface area contributed by atoms with Crippen molar-refractivity contribution < 1.29 is 24.2 Å². The zero-order chi connectivity index (χ0) is 16.0. The lowest BCUT2D eigenvalue weighted by Crippen LogP contribution is -2.37. The minimum absolute atomic E-state index is 0.0357. The number of aliphatic hydroxyl groups is 1. The first-order chi connectivity index (χ1) is 9.76. The molecule has 1 heterocycles. The van der Waals surface area contributed by atoms with E-state index in [1.165, 1.54) is 0 Å². The molecule has 0 unspecified atom stereocenters. The van der Waals surface area contributed by atoms with Crippen LogP contribution in [0.2, 0.25) is 0 Å². The molecule has 1 aliphatic heterocycles. The predicted molar refractivity (Wildman–Crippen MR) is 76.3 cm³/mol. The molecule has 0 aromatic carbocycles. The average Bonchev–Trinajstić information content (AvgIpc) is 2.82. The second-order valence-corrected chi connectivity index (χ2v) is 5.76. The molecule has 3 N–H and O–H groups in total. The number of rotatable bonds is 4. The normalized spacial score (nSPS) is 20.5. The summed E-state index contributed by atoms with van der Waals surface area (Å²) in [6, 6.07) is -0.120. The standard InChI is InChI=1S/C14H24N2O5/c1-5-20-12(18)11(10-7-6-9(8-17)15-10)16-13(19)21-14(2,3)4/h9,15,17H,5-8H2,1-4H3,(H,16,19)/b11-10+/t9-/m1/s1. The Morgan fingerprint density at radius 2 is 2.10 bits per heavy atom. The van der Waals surface area contributed by atoms with E-state index in [0.717, 1.165) is 0 Å². The number of nitrogens with one attached hydrogen (secondary N) is 2. The van der Waals surface area contributed by atoms with Gasteiger partial charge in [-0.05, 0) is 40.5 Å². The molecule has 0 aliphatic carbocycles. The highest BCUT2D eigenvalue weighted by Gasteiger charge is 2.27. The largest absolute Gasteiger partial charge is 0.461 e. The number of ether oxygens (including phenoxy) is 2. The van der Waals surface area contributed by atoms with Crippen molar-refractivity contribution in [1.82, 2.24) is 10.6 Å². The third-order valence-corrected chi connectivity index (χ3v) is 2.75. The van der Waals surface area contributed by atoms with Crippen LogP contribution in [-0.4, -0.2) is 42.0 Å². The van der Waals surface area contributed by atoms with Gasteiger partial charge in [0.05, 0.1) is 13.2 Å². The lowest BCUT2D eigenvalue weighted by Gasteiger charge is -2.21. The van der Waals surface area contributed by atoms with E-state index < -0.39 is 17.7 Å². The van der Waals surface area contributed by atoms with Gasteiger partial charge in [0.15, 0.2) is 0 Å². The highest BCUT2D eigenvalue weighted by atomic mass is 16.6. The fourth-order valence-corrected chi connectivity index (χ4v) is 1.90. The lowest BCUT2D eigenvalue weighted by molar-refractivity contribution is -0.139. The summed E-state index contributed by atoms with van der Waals surface area (Å²) in [7, 11) is 0. The number of aliphatic hydroxyl groups excluding tert-OH is 1. The van der Waals surface area contributed by atoms with E-state index in [2.05, 4.69) is 10.6 Å². The van der Waals surface area contributed by atoms with E-state index in [-0.39, 0.29) is 25.0 Å². The second kappa shape index (κ2) is 7.31. The molecule has 120 valence electrons. The molecule has 7 heteroatoms. The van der Waals surface area contributed by atoms with Crippen LogP contribution in [0.1, 0.15) is 40.5 Å². The first kappa shape index (κ1) is 17.3. The SMILES string of the molecule is CCOC(=O)/C(NC(=O)OC(C)(C)C)=C1/CC[C@H](CO)N1. The van der Waals surface area contributed by atoms with Crippen LogP contribution in [-0.2, 0) is 14.3 Å². The zero-order valence-electron chi connectivity index (χ0n) is 13.0. The van der Waals surface area contributed by atoms with Gasteiger partial charge in [-0.25, -0.2) is 9.59 Å². The highest BCUT2D eigenvalue weighted by Crippen LogP contribution is 2.19. The molecule has 0 radical (unpaired) electrons. The van der Waals surface area contributed by atoms with Gasteiger partial charge in [-0.3, -0.25) is 5.32 Å². The van der Waals surface area contributed by atoms with Crippen molar-refractivity contribution in [3.05, 3.63) is 11.4 Å². The van der Waals surface area contributed by atoms with Gasteiger partial charge in [0.1, 0.15) is 11.3 Å². The number of hydrogen-bond acceptors (Lipinski definition) is 6. The third-order valence-electron chi connectivity index (χ3n) is 2.75. The Bertz CT molecular complexity index is 426.